The Morgan fingerprint density at radius 3 is 2.89 bits per heavy atom. The lowest BCUT2D eigenvalue weighted by molar-refractivity contribution is 0.0567. The van der Waals surface area contributed by atoms with E-state index < -0.39 is 5.97 Å². The van der Waals surface area contributed by atoms with Gasteiger partial charge in [0.25, 0.3) is 0 Å². The van der Waals surface area contributed by atoms with Gasteiger partial charge < -0.3 is 15.2 Å². The maximum Gasteiger partial charge on any atom is 0.337 e. The maximum absolute atomic E-state index is 10.8. The van der Waals surface area contributed by atoms with Gasteiger partial charge in [-0.05, 0) is 46.7 Å². The molecule has 1 spiro atoms. The predicted octanol–water partition coefficient (Wildman–Crippen LogP) is 2.52. The Morgan fingerprint density at radius 2 is 2.26 bits per heavy atom. The van der Waals surface area contributed by atoms with Gasteiger partial charge in [0.15, 0.2) is 0 Å². The Balaban J connectivity index is 1.69. The van der Waals surface area contributed by atoms with Crippen molar-refractivity contribution >= 4 is 27.7 Å². The lowest BCUT2D eigenvalue weighted by Crippen LogP contribution is -2.23. The van der Waals surface area contributed by atoms with Crippen LogP contribution < -0.4 is 5.32 Å². The fourth-order valence-electron chi connectivity index (χ4n) is 2.71. The molecule has 1 atom stereocenters. The second kappa shape index (κ2) is 4.76. The smallest absolute Gasteiger partial charge is 0.337 e. The van der Waals surface area contributed by atoms with Gasteiger partial charge in [-0.1, -0.05) is 0 Å². The summed E-state index contributed by atoms with van der Waals surface area (Å²) in [6.07, 6.45) is 4.71. The van der Waals surface area contributed by atoms with Crippen LogP contribution in [0.4, 0.5) is 5.82 Å². The zero-order valence-corrected chi connectivity index (χ0v) is 11.9. The molecule has 0 bridgehead atoms. The number of hydrogen-bond acceptors (Lipinski definition) is 4. The number of carbonyl (C=O) groups is 1. The Kier molecular flexibility index (Phi) is 3.22. The van der Waals surface area contributed by atoms with Crippen LogP contribution >= 0.6 is 15.9 Å². The highest BCUT2D eigenvalue weighted by Gasteiger charge is 2.54. The summed E-state index contributed by atoms with van der Waals surface area (Å²) < 4.78 is 6.09. The van der Waals surface area contributed by atoms with Crippen LogP contribution in [0.3, 0.4) is 0 Å². The number of aromatic nitrogens is 1. The summed E-state index contributed by atoms with van der Waals surface area (Å²) in [5.41, 5.74) is 0.555. The molecule has 1 aliphatic carbocycles. The molecule has 2 heterocycles. The van der Waals surface area contributed by atoms with Crippen molar-refractivity contribution in [2.24, 2.45) is 5.41 Å². The van der Waals surface area contributed by atoms with Crippen molar-refractivity contribution in [1.29, 1.82) is 0 Å². The van der Waals surface area contributed by atoms with Crippen LogP contribution in [0.5, 0.6) is 0 Å². The number of aromatic carboxylic acids is 1. The molecule has 102 valence electrons. The first kappa shape index (κ1) is 12.9. The van der Waals surface area contributed by atoms with Crippen LogP contribution in [0.1, 0.15) is 29.6 Å². The first-order chi connectivity index (χ1) is 9.11. The zero-order valence-electron chi connectivity index (χ0n) is 10.4. The number of rotatable bonds is 3. The predicted molar refractivity (Wildman–Crippen MR) is 73.4 cm³/mol. The molecule has 1 aromatic rings. The summed E-state index contributed by atoms with van der Waals surface area (Å²) in [4.78, 5) is 15.0. The molecule has 2 fully saturated rings. The normalized spacial score (nSPS) is 24.2. The van der Waals surface area contributed by atoms with E-state index in [9.17, 15) is 4.79 Å². The molecule has 0 radical (unpaired) electrons. The minimum Gasteiger partial charge on any atom is -0.478 e. The SMILES string of the molecule is O=C(O)c1cnc(NC2CC23CCOCC3)c(Br)c1. The molecule has 1 aromatic heterocycles. The van der Waals surface area contributed by atoms with Crippen molar-refractivity contribution in [3.05, 3.63) is 22.3 Å². The highest BCUT2D eigenvalue weighted by atomic mass is 79.9. The third kappa shape index (κ3) is 2.47. The van der Waals surface area contributed by atoms with Crippen LogP contribution in [0.15, 0.2) is 16.7 Å². The van der Waals surface area contributed by atoms with Crippen molar-refractivity contribution in [3.8, 4) is 0 Å². The van der Waals surface area contributed by atoms with Gasteiger partial charge in [-0.25, -0.2) is 9.78 Å². The molecule has 2 N–H and O–H groups in total. The fourth-order valence-corrected chi connectivity index (χ4v) is 3.17. The lowest BCUT2D eigenvalue weighted by atomic mass is 9.96. The molecule has 6 heteroatoms. The number of carboxylic acid groups (broad SMARTS) is 1. The number of halogens is 1. The molecular formula is C13H15BrN2O3. The minimum absolute atomic E-state index is 0.189. The molecule has 2 aliphatic rings. The second-order valence-corrected chi connectivity index (χ2v) is 6.09. The quantitative estimate of drug-likeness (QED) is 0.893. The Morgan fingerprint density at radius 1 is 1.53 bits per heavy atom. The third-order valence-corrected chi connectivity index (χ3v) is 4.68. The molecule has 1 saturated heterocycles. The molecule has 0 amide bonds. The van der Waals surface area contributed by atoms with E-state index in [0.29, 0.717) is 15.9 Å². The van der Waals surface area contributed by atoms with E-state index in [1.165, 1.54) is 6.20 Å². The summed E-state index contributed by atoms with van der Waals surface area (Å²) in [7, 11) is 0. The van der Waals surface area contributed by atoms with Crippen molar-refractivity contribution in [3.63, 3.8) is 0 Å². The average molecular weight is 327 g/mol. The van der Waals surface area contributed by atoms with E-state index >= 15 is 0 Å². The monoisotopic (exact) mass is 326 g/mol. The first-order valence-electron chi connectivity index (χ1n) is 6.34. The Bertz CT molecular complexity index is 515. The van der Waals surface area contributed by atoms with Gasteiger partial charge in [-0.2, -0.15) is 0 Å². The summed E-state index contributed by atoms with van der Waals surface area (Å²) >= 11 is 3.37. The number of ether oxygens (including phenoxy) is 1. The van der Waals surface area contributed by atoms with E-state index in [1.54, 1.807) is 6.07 Å². The molecule has 19 heavy (non-hydrogen) atoms. The number of carboxylic acids is 1. The van der Waals surface area contributed by atoms with Crippen LogP contribution in [0.25, 0.3) is 0 Å². The molecule has 1 aliphatic heterocycles. The second-order valence-electron chi connectivity index (χ2n) is 5.24. The van der Waals surface area contributed by atoms with E-state index in [1.807, 2.05) is 0 Å². The zero-order chi connectivity index (χ0) is 13.5. The molecule has 1 unspecified atom stereocenters. The van der Waals surface area contributed by atoms with Gasteiger partial charge in [0.1, 0.15) is 5.82 Å². The number of pyridine rings is 1. The summed E-state index contributed by atoms with van der Waals surface area (Å²) in [5.74, 6) is -0.245. The van der Waals surface area contributed by atoms with Crippen molar-refractivity contribution in [2.45, 2.75) is 25.3 Å². The van der Waals surface area contributed by atoms with Gasteiger partial charge in [-0.15, -0.1) is 0 Å². The Hall–Kier alpha value is -1.14. The van der Waals surface area contributed by atoms with E-state index in [0.717, 1.165) is 38.3 Å². The van der Waals surface area contributed by atoms with Crippen LogP contribution in [0.2, 0.25) is 0 Å². The number of nitrogens with zero attached hydrogens (tertiary/aromatic N) is 1. The van der Waals surface area contributed by atoms with Crippen LogP contribution in [0, 0.1) is 5.41 Å². The number of hydrogen-bond donors (Lipinski definition) is 2. The first-order valence-corrected chi connectivity index (χ1v) is 7.13. The van der Waals surface area contributed by atoms with Gasteiger partial charge >= 0.3 is 5.97 Å². The maximum atomic E-state index is 10.8. The molecule has 0 aromatic carbocycles. The van der Waals surface area contributed by atoms with Crippen molar-refractivity contribution in [2.75, 3.05) is 18.5 Å². The summed E-state index contributed by atoms with van der Waals surface area (Å²) in [6, 6.07) is 2.01. The number of anilines is 1. The van der Waals surface area contributed by atoms with Gasteiger partial charge in [0.2, 0.25) is 0 Å². The van der Waals surface area contributed by atoms with Gasteiger partial charge in [0.05, 0.1) is 10.0 Å². The molecular weight excluding hydrogens is 312 g/mol. The highest BCUT2D eigenvalue weighted by Crippen LogP contribution is 2.54. The van der Waals surface area contributed by atoms with E-state index in [-0.39, 0.29) is 5.56 Å². The van der Waals surface area contributed by atoms with E-state index in [4.69, 9.17) is 9.84 Å². The summed E-state index contributed by atoms with van der Waals surface area (Å²) in [5, 5.41) is 12.3. The van der Waals surface area contributed by atoms with Crippen molar-refractivity contribution in [1.82, 2.24) is 4.98 Å². The topological polar surface area (TPSA) is 71.5 Å². The van der Waals surface area contributed by atoms with Gasteiger partial charge in [-0.3, -0.25) is 0 Å². The summed E-state index contributed by atoms with van der Waals surface area (Å²) in [6.45, 7) is 1.68. The van der Waals surface area contributed by atoms with Crippen LogP contribution in [-0.4, -0.2) is 35.3 Å². The largest absolute Gasteiger partial charge is 0.478 e. The minimum atomic E-state index is -0.966. The Labute approximate surface area is 119 Å². The average Bonchev–Trinajstić information content (AvgIpc) is 3.04. The lowest BCUT2D eigenvalue weighted by Gasteiger charge is -2.23. The van der Waals surface area contributed by atoms with E-state index in [2.05, 4.69) is 26.2 Å². The van der Waals surface area contributed by atoms with Crippen LogP contribution in [-0.2, 0) is 4.74 Å². The van der Waals surface area contributed by atoms with Crippen molar-refractivity contribution < 1.29 is 14.6 Å². The van der Waals surface area contributed by atoms with Gasteiger partial charge in [0, 0.05) is 25.5 Å². The fraction of sp³-hybridized carbons (Fsp3) is 0.538. The molecule has 3 rings (SSSR count). The third-order valence-electron chi connectivity index (χ3n) is 4.08. The molecule has 5 nitrogen and oxygen atoms in total. The standard InChI is InChI=1S/C13H15BrN2O3/c14-9-5-8(12(17)18)7-15-11(9)16-10-6-13(10)1-3-19-4-2-13/h5,7,10H,1-4,6H2,(H,15,16)(H,17,18). The molecule has 1 saturated carbocycles. The highest BCUT2D eigenvalue weighted by molar-refractivity contribution is 9.10. The number of nitrogens with one attached hydrogen (secondary N) is 1.